The van der Waals surface area contributed by atoms with Gasteiger partial charge < -0.3 is 10.2 Å². The molecule has 1 aliphatic heterocycles. The number of carbonyl (C=O) groups is 1. The summed E-state index contributed by atoms with van der Waals surface area (Å²) in [5, 5.41) is 3.68. The van der Waals surface area contributed by atoms with Gasteiger partial charge >= 0.3 is 0 Å². The van der Waals surface area contributed by atoms with Crippen molar-refractivity contribution in [1.29, 1.82) is 0 Å². The highest BCUT2D eigenvalue weighted by Gasteiger charge is 2.55. The van der Waals surface area contributed by atoms with E-state index in [0.29, 0.717) is 35.6 Å². The standard InChI is InChI=1S/C23H22FN5O/c24-17-4-5-21-16(10-17)12-27-23(28-21)29-13-19-18(20(19)14-29)7-9-26-22(30)6-3-15-2-1-8-25-11-15/h1-6,8,10-12,18-20H,7,9,13-14H2,(H,26,30)/b6-3+/t18?,19-,20+. The van der Waals surface area contributed by atoms with Crippen molar-refractivity contribution in [3.63, 3.8) is 0 Å². The largest absolute Gasteiger partial charge is 0.353 e. The lowest BCUT2D eigenvalue weighted by atomic mass is 10.2. The Morgan fingerprint density at radius 2 is 2.10 bits per heavy atom. The topological polar surface area (TPSA) is 71.0 Å². The number of anilines is 1. The summed E-state index contributed by atoms with van der Waals surface area (Å²) < 4.78 is 13.3. The number of halogens is 1. The van der Waals surface area contributed by atoms with E-state index in [1.54, 1.807) is 36.8 Å². The van der Waals surface area contributed by atoms with Crippen LogP contribution in [0.5, 0.6) is 0 Å². The highest BCUT2D eigenvalue weighted by molar-refractivity contribution is 5.91. The molecule has 0 bridgehead atoms. The van der Waals surface area contributed by atoms with Crippen LogP contribution in [-0.4, -0.2) is 40.5 Å². The minimum absolute atomic E-state index is 0.0766. The predicted octanol–water partition coefficient (Wildman–Crippen LogP) is 3.07. The maximum Gasteiger partial charge on any atom is 0.244 e. The van der Waals surface area contributed by atoms with E-state index in [1.807, 2.05) is 12.1 Å². The molecule has 3 atom stereocenters. The third-order valence-electron chi connectivity index (χ3n) is 6.07. The summed E-state index contributed by atoms with van der Waals surface area (Å²) in [6.45, 7) is 2.57. The van der Waals surface area contributed by atoms with E-state index >= 15 is 0 Å². The van der Waals surface area contributed by atoms with Crippen molar-refractivity contribution in [3.8, 4) is 0 Å². The van der Waals surface area contributed by atoms with Gasteiger partial charge in [0.1, 0.15) is 5.82 Å². The number of hydrogen-bond donors (Lipinski definition) is 1. The number of benzene rings is 1. The molecule has 0 spiro atoms. The smallest absolute Gasteiger partial charge is 0.244 e. The Balaban J connectivity index is 1.08. The molecule has 1 saturated heterocycles. The molecule has 5 rings (SSSR count). The van der Waals surface area contributed by atoms with Crippen molar-refractivity contribution in [3.05, 3.63) is 66.4 Å². The number of piperidine rings is 1. The number of aromatic nitrogens is 3. The third kappa shape index (κ3) is 3.87. The summed E-state index contributed by atoms with van der Waals surface area (Å²) in [5.74, 6) is 2.30. The Morgan fingerprint density at radius 1 is 1.23 bits per heavy atom. The van der Waals surface area contributed by atoms with Crippen molar-refractivity contribution in [2.45, 2.75) is 6.42 Å². The SMILES string of the molecule is O=C(/C=C/c1cccnc1)NCCC1[C@H]2CN(c3ncc4cc(F)ccc4n3)C[C@@H]12. The maximum atomic E-state index is 13.3. The van der Waals surface area contributed by atoms with Crippen LogP contribution in [0, 0.1) is 23.6 Å². The Morgan fingerprint density at radius 3 is 2.90 bits per heavy atom. The number of pyridine rings is 1. The third-order valence-corrected chi connectivity index (χ3v) is 6.07. The Bertz CT molecular complexity index is 1090. The summed E-state index contributed by atoms with van der Waals surface area (Å²) in [6, 6.07) is 8.33. The number of nitrogens with zero attached hydrogens (tertiary/aromatic N) is 4. The number of fused-ring (bicyclic) bond motifs is 2. The molecular weight excluding hydrogens is 381 g/mol. The molecule has 1 saturated carbocycles. The molecule has 2 aliphatic rings. The first-order valence-corrected chi connectivity index (χ1v) is 10.2. The predicted molar refractivity (Wildman–Crippen MR) is 113 cm³/mol. The normalized spacial score (nSPS) is 22.4. The van der Waals surface area contributed by atoms with E-state index in [1.165, 1.54) is 12.1 Å². The molecule has 7 heteroatoms. The van der Waals surface area contributed by atoms with Crippen LogP contribution in [0.3, 0.4) is 0 Å². The molecule has 6 nitrogen and oxygen atoms in total. The second-order valence-electron chi connectivity index (χ2n) is 7.97. The van der Waals surface area contributed by atoms with E-state index in [4.69, 9.17) is 0 Å². The molecule has 30 heavy (non-hydrogen) atoms. The molecule has 1 amide bonds. The monoisotopic (exact) mass is 403 g/mol. The Labute approximate surface area is 173 Å². The second kappa shape index (κ2) is 7.82. The van der Waals surface area contributed by atoms with Gasteiger partial charge in [0.05, 0.1) is 5.52 Å². The zero-order chi connectivity index (χ0) is 20.5. The van der Waals surface area contributed by atoms with E-state index in [-0.39, 0.29) is 11.7 Å². The summed E-state index contributed by atoms with van der Waals surface area (Å²) in [5.41, 5.74) is 1.67. The molecule has 0 radical (unpaired) electrons. The van der Waals surface area contributed by atoms with Crippen LogP contribution in [0.15, 0.2) is 55.0 Å². The molecule has 1 aromatic carbocycles. The minimum Gasteiger partial charge on any atom is -0.353 e. The number of rotatable bonds is 6. The quantitative estimate of drug-likeness (QED) is 0.641. The molecule has 2 aromatic heterocycles. The van der Waals surface area contributed by atoms with Gasteiger partial charge in [-0.3, -0.25) is 9.78 Å². The fourth-order valence-electron chi connectivity index (χ4n) is 4.46. The van der Waals surface area contributed by atoms with Gasteiger partial charge in [-0.05, 0) is 60.1 Å². The summed E-state index contributed by atoms with van der Waals surface area (Å²) in [4.78, 5) is 27.2. The van der Waals surface area contributed by atoms with Gasteiger partial charge in [-0.15, -0.1) is 0 Å². The van der Waals surface area contributed by atoms with Gasteiger partial charge in [0.15, 0.2) is 0 Å². The van der Waals surface area contributed by atoms with Crippen LogP contribution < -0.4 is 10.2 Å². The zero-order valence-electron chi connectivity index (χ0n) is 16.4. The lowest BCUT2D eigenvalue weighted by Crippen LogP contribution is -2.27. The van der Waals surface area contributed by atoms with Gasteiger partial charge in [0, 0.05) is 49.7 Å². The van der Waals surface area contributed by atoms with Gasteiger partial charge in [-0.1, -0.05) is 6.07 Å². The average molecular weight is 403 g/mol. The second-order valence-corrected chi connectivity index (χ2v) is 7.97. The van der Waals surface area contributed by atoms with Crippen molar-refractivity contribution in [1.82, 2.24) is 20.3 Å². The van der Waals surface area contributed by atoms with E-state index in [2.05, 4.69) is 25.2 Å². The molecule has 2 fully saturated rings. The average Bonchev–Trinajstić information content (AvgIpc) is 3.21. The number of amides is 1. The highest BCUT2D eigenvalue weighted by atomic mass is 19.1. The van der Waals surface area contributed by atoms with E-state index < -0.39 is 0 Å². The van der Waals surface area contributed by atoms with Gasteiger partial charge in [-0.2, -0.15) is 0 Å². The summed E-state index contributed by atoms with van der Waals surface area (Å²) >= 11 is 0. The van der Waals surface area contributed by atoms with Crippen LogP contribution in [0.1, 0.15) is 12.0 Å². The van der Waals surface area contributed by atoms with Crippen molar-refractivity contribution >= 4 is 28.8 Å². The van der Waals surface area contributed by atoms with E-state index in [0.717, 1.165) is 30.6 Å². The minimum atomic E-state index is -0.274. The lowest BCUT2D eigenvalue weighted by molar-refractivity contribution is -0.116. The van der Waals surface area contributed by atoms with Crippen LogP contribution >= 0.6 is 0 Å². The van der Waals surface area contributed by atoms with Crippen molar-refractivity contribution in [2.24, 2.45) is 17.8 Å². The molecular formula is C23H22FN5O. The molecule has 152 valence electrons. The molecule has 1 unspecified atom stereocenters. The van der Waals surface area contributed by atoms with Gasteiger partial charge in [0.2, 0.25) is 11.9 Å². The maximum absolute atomic E-state index is 13.3. The Kier molecular flexibility index (Phi) is 4.86. The fourth-order valence-corrected chi connectivity index (χ4v) is 4.46. The molecule has 3 heterocycles. The lowest BCUT2D eigenvalue weighted by Gasteiger charge is -2.20. The first kappa shape index (κ1) is 18.7. The first-order valence-electron chi connectivity index (χ1n) is 10.2. The molecule has 3 aromatic rings. The summed E-state index contributed by atoms with van der Waals surface area (Å²) in [6.07, 6.45) is 9.43. The van der Waals surface area contributed by atoms with E-state index in [9.17, 15) is 9.18 Å². The number of carbonyl (C=O) groups excluding carboxylic acids is 1. The van der Waals surface area contributed by atoms with Crippen LogP contribution in [0.25, 0.3) is 17.0 Å². The number of hydrogen-bond acceptors (Lipinski definition) is 5. The van der Waals surface area contributed by atoms with Crippen LogP contribution in [0.4, 0.5) is 10.3 Å². The van der Waals surface area contributed by atoms with Crippen LogP contribution in [-0.2, 0) is 4.79 Å². The van der Waals surface area contributed by atoms with Crippen LogP contribution in [0.2, 0.25) is 0 Å². The number of nitrogens with one attached hydrogen (secondary N) is 1. The first-order chi connectivity index (χ1) is 14.7. The zero-order valence-corrected chi connectivity index (χ0v) is 16.4. The van der Waals surface area contributed by atoms with Crippen molar-refractivity contribution < 1.29 is 9.18 Å². The highest BCUT2D eigenvalue weighted by Crippen LogP contribution is 2.53. The summed E-state index contributed by atoms with van der Waals surface area (Å²) in [7, 11) is 0. The molecule has 1 N–H and O–H groups in total. The fraction of sp³-hybridized carbons (Fsp3) is 0.304. The van der Waals surface area contributed by atoms with Crippen molar-refractivity contribution in [2.75, 3.05) is 24.5 Å². The van der Waals surface area contributed by atoms with Gasteiger partial charge in [0.25, 0.3) is 0 Å². The van der Waals surface area contributed by atoms with Gasteiger partial charge in [-0.25, -0.2) is 14.4 Å². The Hall–Kier alpha value is -3.35. The molecule has 1 aliphatic carbocycles.